The summed E-state index contributed by atoms with van der Waals surface area (Å²) in [7, 11) is 0. The Bertz CT molecular complexity index is 473. The number of hydrogen-bond donors (Lipinski definition) is 2. The standard InChI is InChI=1S/C15H20F2N2O/c1-10-5-4-8-19(9-10)11(2)15(20)18-14-12(16)6-3-7-13(14)17/h3,6-7,10-11H,4-5,8-9H2,1-2H3,(H,18,20)/p+1/t10-,11+/m1/s1. The second kappa shape index (κ2) is 6.31. The van der Waals surface area contributed by atoms with Crippen LogP contribution in [0.2, 0.25) is 0 Å². The number of para-hydroxylation sites is 1. The van der Waals surface area contributed by atoms with Crippen LogP contribution in [-0.4, -0.2) is 25.0 Å². The monoisotopic (exact) mass is 283 g/mol. The smallest absolute Gasteiger partial charge is 0.282 e. The maximum absolute atomic E-state index is 13.5. The van der Waals surface area contributed by atoms with Crippen molar-refractivity contribution < 1.29 is 18.5 Å². The van der Waals surface area contributed by atoms with Gasteiger partial charge in [-0.15, -0.1) is 0 Å². The van der Waals surface area contributed by atoms with Crippen molar-refractivity contribution in [3.8, 4) is 0 Å². The number of quaternary nitrogens is 1. The van der Waals surface area contributed by atoms with Gasteiger partial charge in [-0.05, 0) is 31.9 Å². The molecule has 0 aliphatic carbocycles. The fourth-order valence-corrected chi connectivity index (χ4v) is 2.76. The van der Waals surface area contributed by atoms with Crippen LogP contribution in [0.5, 0.6) is 0 Å². The van der Waals surface area contributed by atoms with Gasteiger partial charge < -0.3 is 10.2 Å². The van der Waals surface area contributed by atoms with E-state index in [0.29, 0.717) is 5.92 Å². The fourth-order valence-electron chi connectivity index (χ4n) is 2.76. The molecule has 2 N–H and O–H groups in total. The molecule has 0 saturated carbocycles. The first-order chi connectivity index (χ1) is 9.49. The van der Waals surface area contributed by atoms with Crippen molar-refractivity contribution in [1.29, 1.82) is 0 Å². The first kappa shape index (κ1) is 14.9. The third kappa shape index (κ3) is 3.33. The number of nitrogens with one attached hydrogen (secondary N) is 2. The maximum atomic E-state index is 13.5. The van der Waals surface area contributed by atoms with Crippen LogP contribution in [0.25, 0.3) is 0 Å². The van der Waals surface area contributed by atoms with Crippen molar-refractivity contribution >= 4 is 11.6 Å². The van der Waals surface area contributed by atoms with Crippen molar-refractivity contribution in [2.45, 2.75) is 32.7 Å². The highest BCUT2D eigenvalue weighted by Gasteiger charge is 2.30. The molecule has 5 heteroatoms. The molecule has 2 rings (SSSR count). The summed E-state index contributed by atoms with van der Waals surface area (Å²) in [5.41, 5.74) is -0.353. The molecule has 0 radical (unpaired) electrons. The van der Waals surface area contributed by atoms with Gasteiger partial charge >= 0.3 is 0 Å². The van der Waals surface area contributed by atoms with Crippen LogP contribution in [0.4, 0.5) is 14.5 Å². The number of carbonyl (C=O) groups is 1. The van der Waals surface area contributed by atoms with Crippen LogP contribution in [0.15, 0.2) is 18.2 Å². The predicted octanol–water partition coefficient (Wildman–Crippen LogP) is 1.61. The van der Waals surface area contributed by atoms with Gasteiger partial charge in [-0.25, -0.2) is 8.78 Å². The van der Waals surface area contributed by atoms with E-state index >= 15 is 0 Å². The number of benzene rings is 1. The average molecular weight is 283 g/mol. The number of likely N-dealkylation sites (tertiary alicyclic amines) is 1. The Hall–Kier alpha value is -1.49. The van der Waals surface area contributed by atoms with Gasteiger partial charge in [0, 0.05) is 5.92 Å². The zero-order valence-corrected chi connectivity index (χ0v) is 11.9. The molecule has 1 aliphatic heterocycles. The van der Waals surface area contributed by atoms with Crippen molar-refractivity contribution in [3.63, 3.8) is 0 Å². The molecule has 1 aromatic rings. The van der Waals surface area contributed by atoms with Gasteiger partial charge in [-0.2, -0.15) is 0 Å². The Balaban J connectivity index is 2.04. The summed E-state index contributed by atoms with van der Waals surface area (Å²) in [6, 6.07) is 3.25. The van der Waals surface area contributed by atoms with Crippen LogP contribution in [0.3, 0.4) is 0 Å². The lowest BCUT2D eigenvalue weighted by Gasteiger charge is -2.31. The molecular weight excluding hydrogens is 262 g/mol. The molecule has 1 aromatic carbocycles. The summed E-state index contributed by atoms with van der Waals surface area (Å²) in [5.74, 6) is -1.24. The van der Waals surface area contributed by atoms with Crippen molar-refractivity contribution in [2.24, 2.45) is 5.92 Å². The fraction of sp³-hybridized carbons (Fsp3) is 0.533. The zero-order valence-electron chi connectivity index (χ0n) is 11.9. The van der Waals surface area contributed by atoms with Crippen LogP contribution in [0, 0.1) is 17.6 Å². The molecule has 1 heterocycles. The van der Waals surface area contributed by atoms with Crippen molar-refractivity contribution in [2.75, 3.05) is 18.4 Å². The Morgan fingerprint density at radius 1 is 1.40 bits per heavy atom. The molecule has 1 aliphatic rings. The van der Waals surface area contributed by atoms with E-state index in [9.17, 15) is 13.6 Å². The highest BCUT2D eigenvalue weighted by atomic mass is 19.1. The number of carbonyl (C=O) groups excluding carboxylic acids is 1. The summed E-state index contributed by atoms with van der Waals surface area (Å²) >= 11 is 0. The molecule has 3 nitrogen and oxygen atoms in total. The molecule has 0 spiro atoms. The van der Waals surface area contributed by atoms with Crippen LogP contribution >= 0.6 is 0 Å². The lowest BCUT2D eigenvalue weighted by atomic mass is 9.99. The summed E-state index contributed by atoms with van der Waals surface area (Å²) < 4.78 is 27.0. The molecule has 20 heavy (non-hydrogen) atoms. The Morgan fingerprint density at radius 2 is 2.05 bits per heavy atom. The van der Waals surface area contributed by atoms with Gasteiger partial charge in [-0.3, -0.25) is 4.79 Å². The highest BCUT2D eigenvalue weighted by Crippen LogP contribution is 2.18. The normalized spacial score (nSPS) is 24.2. The molecular formula is C15H21F2N2O+. The number of amides is 1. The maximum Gasteiger partial charge on any atom is 0.282 e. The van der Waals surface area contributed by atoms with E-state index in [2.05, 4.69) is 12.2 Å². The summed E-state index contributed by atoms with van der Waals surface area (Å²) in [6.07, 6.45) is 2.27. The topological polar surface area (TPSA) is 33.5 Å². The largest absolute Gasteiger partial charge is 0.325 e. The number of halogens is 2. The number of rotatable bonds is 3. The van der Waals surface area contributed by atoms with Gasteiger partial charge in [0.25, 0.3) is 5.91 Å². The number of piperidine rings is 1. The van der Waals surface area contributed by atoms with Crippen molar-refractivity contribution in [3.05, 3.63) is 29.8 Å². The van der Waals surface area contributed by atoms with Crippen LogP contribution in [-0.2, 0) is 4.79 Å². The first-order valence-electron chi connectivity index (χ1n) is 7.08. The summed E-state index contributed by atoms with van der Waals surface area (Å²) in [6.45, 7) is 5.83. The van der Waals surface area contributed by atoms with E-state index in [4.69, 9.17) is 0 Å². The lowest BCUT2D eigenvalue weighted by Crippen LogP contribution is -3.17. The van der Waals surface area contributed by atoms with E-state index in [1.807, 2.05) is 6.92 Å². The van der Waals surface area contributed by atoms with E-state index in [0.717, 1.165) is 31.6 Å². The third-order valence-corrected chi connectivity index (χ3v) is 4.02. The van der Waals surface area contributed by atoms with E-state index in [1.165, 1.54) is 17.4 Å². The number of anilines is 1. The molecule has 1 fully saturated rings. The van der Waals surface area contributed by atoms with Gasteiger partial charge in [-0.1, -0.05) is 13.0 Å². The summed E-state index contributed by atoms with van der Waals surface area (Å²) in [4.78, 5) is 13.3. The molecule has 1 unspecified atom stereocenters. The predicted molar refractivity (Wildman–Crippen MR) is 73.5 cm³/mol. The van der Waals surface area contributed by atoms with Crippen molar-refractivity contribution in [1.82, 2.24) is 0 Å². The minimum absolute atomic E-state index is 0.309. The Labute approximate surface area is 118 Å². The minimum atomic E-state index is -0.743. The third-order valence-electron chi connectivity index (χ3n) is 4.02. The Morgan fingerprint density at radius 3 is 2.65 bits per heavy atom. The lowest BCUT2D eigenvalue weighted by molar-refractivity contribution is -0.922. The molecule has 1 amide bonds. The second-order valence-corrected chi connectivity index (χ2v) is 5.67. The molecule has 0 bridgehead atoms. The van der Waals surface area contributed by atoms with E-state index in [-0.39, 0.29) is 17.6 Å². The molecule has 110 valence electrons. The van der Waals surface area contributed by atoms with Gasteiger partial charge in [0.2, 0.25) is 0 Å². The van der Waals surface area contributed by atoms with Gasteiger partial charge in [0.15, 0.2) is 6.04 Å². The molecule has 3 atom stereocenters. The van der Waals surface area contributed by atoms with Crippen LogP contribution < -0.4 is 10.2 Å². The quantitative estimate of drug-likeness (QED) is 0.868. The minimum Gasteiger partial charge on any atom is -0.325 e. The van der Waals surface area contributed by atoms with Crippen LogP contribution in [0.1, 0.15) is 26.7 Å². The Kier molecular flexibility index (Phi) is 4.70. The average Bonchev–Trinajstić information content (AvgIpc) is 2.42. The molecule has 0 aromatic heterocycles. The first-order valence-corrected chi connectivity index (χ1v) is 7.08. The second-order valence-electron chi connectivity index (χ2n) is 5.67. The van der Waals surface area contributed by atoms with E-state index in [1.54, 1.807) is 0 Å². The van der Waals surface area contributed by atoms with Gasteiger partial charge in [0.05, 0.1) is 13.1 Å². The highest BCUT2D eigenvalue weighted by molar-refractivity contribution is 5.93. The molecule has 1 saturated heterocycles. The zero-order chi connectivity index (χ0) is 14.7. The van der Waals surface area contributed by atoms with E-state index < -0.39 is 11.6 Å². The SMILES string of the molecule is C[C@@H]1CCC[NH+]([C@@H](C)C(=O)Nc2c(F)cccc2F)C1. The van der Waals surface area contributed by atoms with Gasteiger partial charge in [0.1, 0.15) is 17.3 Å². The number of hydrogen-bond acceptors (Lipinski definition) is 1. The summed E-state index contributed by atoms with van der Waals surface area (Å²) in [5, 5.41) is 2.38.